The number of rotatable bonds is 3. The molecule has 0 aromatic heterocycles. The quantitative estimate of drug-likeness (QED) is 0.290. The van der Waals surface area contributed by atoms with Crippen molar-refractivity contribution in [2.45, 2.75) is 5.44 Å². The minimum atomic E-state index is -4.39. The minimum Gasteiger partial charge on any atom is -0.327 e. The van der Waals surface area contributed by atoms with E-state index >= 15 is 0 Å². The first-order valence-electron chi connectivity index (χ1n) is 1.99. The van der Waals surface area contributed by atoms with Crippen LogP contribution in [0.2, 0.25) is 0 Å². The zero-order valence-corrected chi connectivity index (χ0v) is 6.10. The molecule has 0 saturated heterocycles. The van der Waals surface area contributed by atoms with Gasteiger partial charge in [0, 0.05) is 6.54 Å². The van der Waals surface area contributed by atoms with Gasteiger partial charge in [0.25, 0.3) is 0 Å². The van der Waals surface area contributed by atoms with Crippen LogP contribution in [-0.2, 0) is 14.6 Å². The van der Waals surface area contributed by atoms with Crippen LogP contribution in [0, 0.1) is 0 Å². The summed E-state index contributed by atoms with van der Waals surface area (Å²) in [6, 6.07) is 0. The van der Waals surface area contributed by atoms with Gasteiger partial charge in [0.05, 0.1) is 0 Å². The molecule has 0 aromatic rings. The standard InChI is InChI=1S/C2H7NO4S2/c3-1-2(8)7-9(4,5)6/h2,8H,1,3H2,(H,4,5,6). The topological polar surface area (TPSA) is 89.6 Å². The number of hydrogen-bond acceptors (Lipinski definition) is 5. The molecule has 3 N–H and O–H groups in total. The van der Waals surface area contributed by atoms with Gasteiger partial charge in [0.15, 0.2) is 0 Å². The summed E-state index contributed by atoms with van der Waals surface area (Å²) >= 11 is 3.54. The molecule has 0 aliphatic rings. The van der Waals surface area contributed by atoms with Gasteiger partial charge >= 0.3 is 10.4 Å². The van der Waals surface area contributed by atoms with Crippen molar-refractivity contribution in [1.29, 1.82) is 0 Å². The van der Waals surface area contributed by atoms with E-state index in [4.69, 9.17) is 10.3 Å². The maximum absolute atomic E-state index is 9.83. The monoisotopic (exact) mass is 173 g/mol. The van der Waals surface area contributed by atoms with Crippen LogP contribution in [0.1, 0.15) is 0 Å². The molecule has 5 nitrogen and oxygen atoms in total. The zero-order chi connectivity index (χ0) is 7.49. The van der Waals surface area contributed by atoms with E-state index in [1.807, 2.05) is 0 Å². The van der Waals surface area contributed by atoms with E-state index in [1.165, 1.54) is 0 Å². The molecule has 0 amide bonds. The highest BCUT2D eigenvalue weighted by atomic mass is 32.3. The lowest BCUT2D eigenvalue weighted by atomic mass is 10.7. The third-order valence-corrected chi connectivity index (χ3v) is 1.37. The van der Waals surface area contributed by atoms with Gasteiger partial charge < -0.3 is 5.73 Å². The number of hydrogen-bond donors (Lipinski definition) is 3. The molecule has 0 aliphatic carbocycles. The van der Waals surface area contributed by atoms with Crippen molar-refractivity contribution in [3.63, 3.8) is 0 Å². The van der Waals surface area contributed by atoms with E-state index in [2.05, 4.69) is 16.8 Å². The average Bonchev–Trinajstić information content (AvgIpc) is 1.62. The van der Waals surface area contributed by atoms with Crippen LogP contribution < -0.4 is 5.73 Å². The molecule has 0 aliphatic heterocycles. The molecule has 0 heterocycles. The Bertz CT molecular complexity index is 163. The third-order valence-electron chi connectivity index (χ3n) is 0.434. The molecular formula is C2H7NO4S2. The van der Waals surface area contributed by atoms with E-state index in [-0.39, 0.29) is 6.54 Å². The average molecular weight is 173 g/mol. The Balaban J connectivity index is 3.75. The number of nitrogens with two attached hydrogens (primary N) is 1. The van der Waals surface area contributed by atoms with Crippen LogP contribution in [0.3, 0.4) is 0 Å². The Kier molecular flexibility index (Phi) is 3.44. The zero-order valence-electron chi connectivity index (χ0n) is 4.39. The lowest BCUT2D eigenvalue weighted by Crippen LogP contribution is -2.21. The van der Waals surface area contributed by atoms with Gasteiger partial charge in [-0.05, 0) is 0 Å². The fraction of sp³-hybridized carbons (Fsp3) is 1.00. The molecule has 1 atom stereocenters. The molecule has 56 valence electrons. The smallest absolute Gasteiger partial charge is 0.327 e. The van der Waals surface area contributed by atoms with Crippen molar-refractivity contribution < 1.29 is 17.2 Å². The van der Waals surface area contributed by atoms with Crippen LogP contribution in [-0.4, -0.2) is 25.0 Å². The minimum absolute atomic E-state index is 0.0805. The molecule has 0 spiro atoms. The van der Waals surface area contributed by atoms with Gasteiger partial charge in [-0.25, -0.2) is 4.18 Å². The van der Waals surface area contributed by atoms with Gasteiger partial charge in [-0.2, -0.15) is 8.42 Å². The first-order chi connectivity index (χ1) is 3.95. The van der Waals surface area contributed by atoms with E-state index in [1.54, 1.807) is 0 Å². The predicted molar refractivity (Wildman–Crippen MR) is 34.5 cm³/mol. The third kappa shape index (κ3) is 6.06. The van der Waals surface area contributed by atoms with Crippen molar-refractivity contribution in [1.82, 2.24) is 0 Å². The largest absolute Gasteiger partial charge is 0.398 e. The van der Waals surface area contributed by atoms with Gasteiger partial charge in [-0.3, -0.25) is 4.55 Å². The maximum Gasteiger partial charge on any atom is 0.398 e. The molecule has 1 unspecified atom stereocenters. The molecule has 7 heteroatoms. The molecule has 0 fully saturated rings. The highest BCUT2D eigenvalue weighted by Gasteiger charge is 2.09. The summed E-state index contributed by atoms with van der Waals surface area (Å²) in [6.45, 7) is -0.0805. The van der Waals surface area contributed by atoms with Crippen LogP contribution in [0.4, 0.5) is 0 Å². The van der Waals surface area contributed by atoms with Crippen molar-refractivity contribution in [3.8, 4) is 0 Å². The summed E-state index contributed by atoms with van der Waals surface area (Å²) in [5.74, 6) is 0. The van der Waals surface area contributed by atoms with Crippen LogP contribution in [0.15, 0.2) is 0 Å². The fourth-order valence-electron chi connectivity index (χ4n) is 0.180. The summed E-state index contributed by atoms with van der Waals surface area (Å²) in [5, 5.41) is 0. The molecule has 0 rings (SSSR count). The second kappa shape index (κ2) is 3.37. The van der Waals surface area contributed by atoms with E-state index in [9.17, 15) is 8.42 Å². The summed E-state index contributed by atoms with van der Waals surface area (Å²) in [7, 11) is -4.39. The number of thiol groups is 1. The second-order valence-corrected chi connectivity index (χ2v) is 2.84. The van der Waals surface area contributed by atoms with Crippen LogP contribution in [0.5, 0.6) is 0 Å². The fourth-order valence-corrected chi connectivity index (χ4v) is 0.865. The Morgan fingerprint density at radius 1 is 1.78 bits per heavy atom. The van der Waals surface area contributed by atoms with Crippen molar-refractivity contribution in [2.75, 3.05) is 6.54 Å². The van der Waals surface area contributed by atoms with Crippen molar-refractivity contribution in [2.24, 2.45) is 5.73 Å². The van der Waals surface area contributed by atoms with Crippen molar-refractivity contribution in [3.05, 3.63) is 0 Å². The highest BCUT2D eigenvalue weighted by Crippen LogP contribution is 1.98. The molecular weight excluding hydrogens is 166 g/mol. The van der Waals surface area contributed by atoms with Gasteiger partial charge in [0.1, 0.15) is 5.44 Å². The Morgan fingerprint density at radius 2 is 2.22 bits per heavy atom. The second-order valence-electron chi connectivity index (χ2n) is 1.21. The normalized spacial score (nSPS) is 15.4. The first kappa shape index (κ1) is 9.18. The lowest BCUT2D eigenvalue weighted by molar-refractivity contribution is 0.255. The Hall–Kier alpha value is 0.180. The lowest BCUT2D eigenvalue weighted by Gasteiger charge is -2.03. The molecule has 0 bridgehead atoms. The Morgan fingerprint density at radius 3 is 2.33 bits per heavy atom. The molecule has 0 saturated carbocycles. The van der Waals surface area contributed by atoms with Gasteiger partial charge in [0.2, 0.25) is 0 Å². The summed E-state index contributed by atoms with van der Waals surface area (Å²) in [4.78, 5) is 0. The first-order valence-corrected chi connectivity index (χ1v) is 3.87. The van der Waals surface area contributed by atoms with Crippen molar-refractivity contribution >= 4 is 23.0 Å². The van der Waals surface area contributed by atoms with Crippen LogP contribution in [0.25, 0.3) is 0 Å². The van der Waals surface area contributed by atoms with E-state index < -0.39 is 15.8 Å². The maximum atomic E-state index is 9.83. The SMILES string of the molecule is NCC(S)OS(=O)(=O)O. The van der Waals surface area contributed by atoms with E-state index in [0.717, 1.165) is 0 Å². The predicted octanol–water partition coefficient (Wildman–Crippen LogP) is -0.980. The molecule has 0 aromatic carbocycles. The van der Waals surface area contributed by atoms with E-state index in [0.29, 0.717) is 0 Å². The summed E-state index contributed by atoms with van der Waals surface area (Å²) in [5.41, 5.74) is 3.93. The van der Waals surface area contributed by atoms with Crippen LogP contribution >= 0.6 is 12.6 Å². The van der Waals surface area contributed by atoms with Gasteiger partial charge in [-0.1, -0.05) is 0 Å². The highest BCUT2D eigenvalue weighted by molar-refractivity contribution is 7.84. The summed E-state index contributed by atoms with van der Waals surface area (Å²) < 4.78 is 31.5. The Labute approximate surface area is 58.6 Å². The molecule has 0 radical (unpaired) electrons. The molecule has 9 heavy (non-hydrogen) atoms. The van der Waals surface area contributed by atoms with Gasteiger partial charge in [-0.15, -0.1) is 12.6 Å². The summed E-state index contributed by atoms with van der Waals surface area (Å²) in [6.07, 6.45) is 0.